The average molecular weight is 263 g/mol. The second-order valence-electron chi connectivity index (χ2n) is 3.30. The van der Waals surface area contributed by atoms with E-state index in [0.717, 1.165) is 16.7 Å². The molecule has 3 nitrogen and oxygen atoms in total. The highest BCUT2D eigenvalue weighted by Crippen LogP contribution is 2.35. The molecule has 0 saturated heterocycles. The van der Waals surface area contributed by atoms with E-state index in [1.165, 1.54) is 18.5 Å². The van der Waals surface area contributed by atoms with Crippen molar-refractivity contribution in [1.29, 1.82) is 0 Å². The summed E-state index contributed by atoms with van der Waals surface area (Å²) >= 11 is 5.47. The van der Waals surface area contributed by atoms with Gasteiger partial charge in [-0.2, -0.15) is 13.2 Å². The first-order chi connectivity index (χ1) is 7.89. The quantitative estimate of drug-likeness (QED) is 0.843. The Morgan fingerprint density at radius 2 is 2.00 bits per heavy atom. The number of nitrogens with one attached hydrogen (secondary N) is 1. The normalized spacial score (nSPS) is 11.8. The topological polar surface area (TPSA) is 37.8 Å². The van der Waals surface area contributed by atoms with Crippen LogP contribution in [0.2, 0.25) is 5.02 Å². The molecule has 17 heavy (non-hydrogen) atoms. The van der Waals surface area contributed by atoms with E-state index in [2.05, 4.69) is 4.98 Å². The maximum Gasteiger partial charge on any atom is 0.417 e. The van der Waals surface area contributed by atoms with E-state index < -0.39 is 22.5 Å². The second kappa shape index (κ2) is 3.96. The standard InChI is InChI=1S/C10H6ClF3N2O/c11-8-2-1-6(5-7(8)10(12,13)14)16-4-3-15-9(16)17/h1-5H,(H,15,17). The molecule has 0 unspecified atom stereocenters. The van der Waals surface area contributed by atoms with E-state index in [1.54, 1.807) is 0 Å². The number of nitrogens with zero attached hydrogens (tertiary/aromatic N) is 1. The fraction of sp³-hybridized carbons (Fsp3) is 0.100. The Morgan fingerprint density at radius 3 is 2.53 bits per heavy atom. The number of hydrogen-bond donors (Lipinski definition) is 1. The van der Waals surface area contributed by atoms with Gasteiger partial charge in [0.1, 0.15) is 0 Å². The molecule has 0 bridgehead atoms. The van der Waals surface area contributed by atoms with Crippen LogP contribution in [0.15, 0.2) is 35.4 Å². The summed E-state index contributed by atoms with van der Waals surface area (Å²) in [5.74, 6) is 0. The Morgan fingerprint density at radius 1 is 1.29 bits per heavy atom. The summed E-state index contributed by atoms with van der Waals surface area (Å²) in [6, 6.07) is 3.28. The first kappa shape index (κ1) is 11.8. The van der Waals surface area contributed by atoms with Crippen LogP contribution in [0.3, 0.4) is 0 Å². The summed E-state index contributed by atoms with van der Waals surface area (Å²) in [5, 5.41) is -0.398. The van der Waals surface area contributed by atoms with Gasteiger partial charge in [0.2, 0.25) is 0 Å². The minimum Gasteiger partial charge on any atom is -0.312 e. The molecule has 7 heteroatoms. The second-order valence-corrected chi connectivity index (χ2v) is 3.70. The third-order valence-corrected chi connectivity index (χ3v) is 2.51. The highest BCUT2D eigenvalue weighted by atomic mass is 35.5. The van der Waals surface area contributed by atoms with Crippen molar-refractivity contribution in [2.75, 3.05) is 0 Å². The molecule has 0 atom stereocenters. The maximum atomic E-state index is 12.6. The van der Waals surface area contributed by atoms with Crippen LogP contribution in [-0.4, -0.2) is 9.55 Å². The lowest BCUT2D eigenvalue weighted by molar-refractivity contribution is -0.137. The van der Waals surface area contributed by atoms with Crippen LogP contribution in [0.4, 0.5) is 13.2 Å². The van der Waals surface area contributed by atoms with Gasteiger partial charge in [-0.1, -0.05) is 11.6 Å². The minimum atomic E-state index is -4.55. The number of hydrogen-bond acceptors (Lipinski definition) is 1. The highest BCUT2D eigenvalue weighted by Gasteiger charge is 2.33. The van der Waals surface area contributed by atoms with Crippen molar-refractivity contribution in [3.05, 3.63) is 51.7 Å². The number of aromatic amines is 1. The number of imidazole rings is 1. The molecule has 1 aromatic heterocycles. The smallest absolute Gasteiger partial charge is 0.312 e. The number of halogens is 4. The van der Waals surface area contributed by atoms with Gasteiger partial charge in [-0.25, -0.2) is 4.79 Å². The van der Waals surface area contributed by atoms with E-state index in [4.69, 9.17) is 11.6 Å². The van der Waals surface area contributed by atoms with Crippen LogP contribution in [0.1, 0.15) is 5.56 Å². The fourth-order valence-corrected chi connectivity index (χ4v) is 1.63. The third kappa shape index (κ3) is 2.21. The molecule has 0 aliphatic rings. The SMILES string of the molecule is O=c1[nH]ccn1-c1ccc(Cl)c(C(F)(F)F)c1. The van der Waals surface area contributed by atoms with Crippen molar-refractivity contribution in [3.63, 3.8) is 0 Å². The Labute approximate surface area is 98.5 Å². The Hall–Kier alpha value is -1.69. The molecule has 2 rings (SSSR count). The number of aromatic nitrogens is 2. The summed E-state index contributed by atoms with van der Waals surface area (Å²) in [4.78, 5) is 13.6. The van der Waals surface area contributed by atoms with E-state index in [0.29, 0.717) is 0 Å². The summed E-state index contributed by atoms with van der Waals surface area (Å²) in [5.41, 5.74) is -1.38. The predicted octanol–water partition coefficient (Wildman–Crippen LogP) is 2.84. The van der Waals surface area contributed by atoms with Crippen molar-refractivity contribution < 1.29 is 13.2 Å². The first-order valence-electron chi connectivity index (χ1n) is 4.53. The largest absolute Gasteiger partial charge is 0.417 e. The zero-order valence-corrected chi connectivity index (χ0v) is 9.01. The molecular weight excluding hydrogens is 257 g/mol. The summed E-state index contributed by atoms with van der Waals surface area (Å²) < 4.78 is 38.8. The van der Waals surface area contributed by atoms with Gasteiger partial charge >= 0.3 is 11.9 Å². The number of rotatable bonds is 1. The van der Waals surface area contributed by atoms with Crippen LogP contribution in [0, 0.1) is 0 Å². The number of benzene rings is 1. The Bertz CT molecular complexity index is 600. The van der Waals surface area contributed by atoms with Crippen LogP contribution in [0.5, 0.6) is 0 Å². The molecule has 0 aliphatic heterocycles. The summed E-state index contributed by atoms with van der Waals surface area (Å²) in [6.07, 6.45) is -1.87. The van der Waals surface area contributed by atoms with Crippen molar-refractivity contribution >= 4 is 11.6 Å². The monoisotopic (exact) mass is 262 g/mol. The van der Waals surface area contributed by atoms with Gasteiger partial charge in [-0.05, 0) is 18.2 Å². The number of H-pyrrole nitrogens is 1. The van der Waals surface area contributed by atoms with Crippen molar-refractivity contribution in [2.24, 2.45) is 0 Å². The molecule has 1 N–H and O–H groups in total. The molecule has 1 aromatic carbocycles. The van der Waals surface area contributed by atoms with Gasteiger partial charge in [0, 0.05) is 12.4 Å². The van der Waals surface area contributed by atoms with E-state index >= 15 is 0 Å². The van der Waals surface area contributed by atoms with Gasteiger partial charge < -0.3 is 4.98 Å². The zero-order valence-electron chi connectivity index (χ0n) is 8.25. The molecule has 1 heterocycles. The molecule has 0 saturated carbocycles. The van der Waals surface area contributed by atoms with Crippen LogP contribution in [0.25, 0.3) is 5.69 Å². The highest BCUT2D eigenvalue weighted by molar-refractivity contribution is 6.31. The average Bonchev–Trinajstić information content (AvgIpc) is 2.63. The van der Waals surface area contributed by atoms with Gasteiger partial charge in [0.05, 0.1) is 16.3 Å². The first-order valence-corrected chi connectivity index (χ1v) is 4.90. The van der Waals surface area contributed by atoms with Crippen LogP contribution >= 0.6 is 11.6 Å². The lowest BCUT2D eigenvalue weighted by Crippen LogP contribution is -2.15. The summed E-state index contributed by atoms with van der Waals surface area (Å²) in [6.45, 7) is 0. The van der Waals surface area contributed by atoms with Crippen molar-refractivity contribution in [3.8, 4) is 5.69 Å². The molecular formula is C10H6ClF3N2O. The zero-order chi connectivity index (χ0) is 12.6. The number of alkyl halides is 3. The lowest BCUT2D eigenvalue weighted by atomic mass is 10.2. The van der Waals surface area contributed by atoms with E-state index in [9.17, 15) is 18.0 Å². The molecule has 0 fully saturated rings. The fourth-order valence-electron chi connectivity index (χ4n) is 1.40. The van der Waals surface area contributed by atoms with Crippen molar-refractivity contribution in [2.45, 2.75) is 6.18 Å². The molecule has 90 valence electrons. The van der Waals surface area contributed by atoms with Gasteiger partial charge in [-0.3, -0.25) is 4.57 Å². The molecule has 0 aliphatic carbocycles. The Kier molecular flexibility index (Phi) is 2.74. The Balaban J connectivity index is 2.60. The van der Waals surface area contributed by atoms with Gasteiger partial charge in [-0.15, -0.1) is 0 Å². The minimum absolute atomic E-state index is 0.105. The molecule has 2 aromatic rings. The molecule has 0 spiro atoms. The maximum absolute atomic E-state index is 12.6. The molecule has 0 radical (unpaired) electrons. The van der Waals surface area contributed by atoms with Gasteiger partial charge in [0.15, 0.2) is 0 Å². The van der Waals surface area contributed by atoms with Crippen LogP contribution in [-0.2, 0) is 6.18 Å². The van der Waals surface area contributed by atoms with Crippen molar-refractivity contribution in [1.82, 2.24) is 9.55 Å². The van der Waals surface area contributed by atoms with Gasteiger partial charge in [0.25, 0.3) is 0 Å². The van der Waals surface area contributed by atoms with Crippen LogP contribution < -0.4 is 5.69 Å². The lowest BCUT2D eigenvalue weighted by Gasteiger charge is -2.10. The van der Waals surface area contributed by atoms with E-state index in [-0.39, 0.29) is 5.69 Å². The molecule has 0 amide bonds. The third-order valence-electron chi connectivity index (χ3n) is 2.18. The van der Waals surface area contributed by atoms with E-state index in [1.807, 2.05) is 0 Å². The predicted molar refractivity (Wildman–Crippen MR) is 56.4 cm³/mol. The summed E-state index contributed by atoms with van der Waals surface area (Å²) in [7, 11) is 0.